The number of rotatable bonds is 15. The Kier molecular flexibility index (Phi) is 13.1. The Hall–Kier alpha value is -2.68. The molecule has 0 saturated carbocycles. The first kappa shape index (κ1) is 33.8. The van der Waals surface area contributed by atoms with Gasteiger partial charge in [0.05, 0.1) is 13.7 Å². The quantitative estimate of drug-likeness (QED) is 0.142. The van der Waals surface area contributed by atoms with Crippen LogP contribution in [-0.4, -0.2) is 89.6 Å². The van der Waals surface area contributed by atoms with Crippen molar-refractivity contribution in [3.8, 4) is 11.5 Å². The molecule has 2 aromatic rings. The van der Waals surface area contributed by atoms with Gasteiger partial charge in [-0.2, -0.15) is 16.8 Å². The molecule has 0 aliphatic carbocycles. The van der Waals surface area contributed by atoms with Crippen LogP contribution in [0.4, 0.5) is 0 Å². The molecule has 1 heterocycles. The van der Waals surface area contributed by atoms with Crippen molar-refractivity contribution in [1.29, 1.82) is 0 Å². The van der Waals surface area contributed by atoms with Crippen LogP contribution in [0.5, 0.6) is 11.5 Å². The molecule has 0 radical (unpaired) electrons. The molecule has 1 aliphatic rings. The molecule has 0 spiro atoms. The van der Waals surface area contributed by atoms with Crippen LogP contribution in [0.1, 0.15) is 18.9 Å². The zero-order chi connectivity index (χ0) is 30.7. The maximum Gasteiger partial charge on any atom is 0.459 e. The van der Waals surface area contributed by atoms with Crippen LogP contribution in [0.3, 0.4) is 0 Å². The van der Waals surface area contributed by atoms with Gasteiger partial charge in [-0.1, -0.05) is 30.3 Å². The van der Waals surface area contributed by atoms with Gasteiger partial charge in [-0.3, -0.25) is 14.1 Å². The minimum atomic E-state index is -4.59. The molecule has 1 aliphatic heterocycles. The lowest BCUT2D eigenvalue weighted by Gasteiger charge is -2.43. The molecule has 1 saturated heterocycles. The standard InChI is InChI=1S/C27H37N2O11PS/c1-17(31)28-23-24(32)25(22(15-30)38-27(23)34)40-41(35,39-20-11-9-19(36-2)10-12-20)29-21(13-14-42-3)26(33)37-16-18-7-5-4-6-8-18/h4-12,21-25,27,30,32,34H,13-16H2,1-3H3,(H,28,31)(H,29,35)/t21?,22-,23-,24-,25-,27+,41?/m1/s1. The predicted octanol–water partition coefficient (Wildman–Crippen LogP) is 1.60. The number of hydrogen-bond acceptors (Lipinski definition) is 12. The summed E-state index contributed by atoms with van der Waals surface area (Å²) in [6.45, 7) is 0.396. The van der Waals surface area contributed by atoms with Crippen molar-refractivity contribution in [1.82, 2.24) is 10.4 Å². The first-order chi connectivity index (χ1) is 20.1. The molecule has 0 aromatic heterocycles. The molecule has 2 unspecified atom stereocenters. The van der Waals surface area contributed by atoms with Gasteiger partial charge in [0.15, 0.2) is 6.29 Å². The third kappa shape index (κ3) is 9.68. The summed E-state index contributed by atoms with van der Waals surface area (Å²) >= 11 is 1.45. The van der Waals surface area contributed by atoms with Gasteiger partial charge < -0.3 is 39.4 Å². The number of aliphatic hydroxyl groups is 3. The second kappa shape index (κ2) is 16.2. The van der Waals surface area contributed by atoms with E-state index >= 15 is 0 Å². The Morgan fingerprint density at radius 3 is 2.36 bits per heavy atom. The lowest BCUT2D eigenvalue weighted by Crippen LogP contribution is -2.64. The van der Waals surface area contributed by atoms with E-state index in [0.29, 0.717) is 11.5 Å². The molecule has 1 fully saturated rings. The van der Waals surface area contributed by atoms with Crippen LogP contribution in [0.25, 0.3) is 0 Å². The molecule has 2 aromatic carbocycles. The van der Waals surface area contributed by atoms with E-state index in [4.69, 9.17) is 23.3 Å². The van der Waals surface area contributed by atoms with E-state index < -0.39 is 62.9 Å². The summed E-state index contributed by atoms with van der Waals surface area (Å²) in [5, 5.41) is 36.3. The molecule has 1 amide bonds. The van der Waals surface area contributed by atoms with Crippen molar-refractivity contribution in [3.05, 3.63) is 60.2 Å². The van der Waals surface area contributed by atoms with Crippen molar-refractivity contribution in [3.63, 3.8) is 0 Å². The molecule has 0 bridgehead atoms. The number of nitrogens with one attached hydrogen (secondary N) is 2. The summed E-state index contributed by atoms with van der Waals surface area (Å²) in [5.74, 6) is -0.265. The number of amides is 1. The van der Waals surface area contributed by atoms with E-state index in [1.807, 2.05) is 12.3 Å². The first-order valence-corrected chi connectivity index (χ1v) is 16.0. The summed E-state index contributed by atoms with van der Waals surface area (Å²) < 4.78 is 42.0. The summed E-state index contributed by atoms with van der Waals surface area (Å²) in [7, 11) is -3.12. The normalized spacial score (nSPS) is 24.2. The summed E-state index contributed by atoms with van der Waals surface area (Å²) in [6, 6.07) is 12.5. The number of esters is 1. The van der Waals surface area contributed by atoms with Gasteiger partial charge in [-0.15, -0.1) is 0 Å². The number of benzene rings is 2. The Morgan fingerprint density at radius 1 is 1.10 bits per heavy atom. The Balaban J connectivity index is 1.91. The molecule has 3 rings (SSSR count). The van der Waals surface area contributed by atoms with E-state index in [-0.39, 0.29) is 18.8 Å². The third-order valence-corrected chi connectivity index (χ3v) is 8.46. The minimum absolute atomic E-state index is 0.0281. The fraction of sp³-hybridized carbons (Fsp3) is 0.481. The smallest absolute Gasteiger partial charge is 0.459 e. The highest BCUT2D eigenvalue weighted by molar-refractivity contribution is 7.98. The Labute approximate surface area is 248 Å². The van der Waals surface area contributed by atoms with E-state index in [1.165, 1.54) is 37.9 Å². The number of carbonyl (C=O) groups excluding carboxylic acids is 2. The van der Waals surface area contributed by atoms with Crippen molar-refractivity contribution in [2.45, 2.75) is 56.6 Å². The first-order valence-electron chi connectivity index (χ1n) is 13.1. The van der Waals surface area contributed by atoms with Crippen LogP contribution in [0.2, 0.25) is 0 Å². The van der Waals surface area contributed by atoms with Crippen LogP contribution in [-0.2, 0) is 34.8 Å². The number of hydrogen-bond donors (Lipinski definition) is 5. The average Bonchev–Trinajstić information content (AvgIpc) is 2.98. The maximum atomic E-state index is 14.4. The van der Waals surface area contributed by atoms with Gasteiger partial charge in [0, 0.05) is 6.92 Å². The molecule has 232 valence electrons. The second-order valence-corrected chi connectivity index (χ2v) is 12.0. The van der Waals surface area contributed by atoms with Gasteiger partial charge in [0.25, 0.3) is 0 Å². The second-order valence-electron chi connectivity index (χ2n) is 9.36. The molecule has 15 heteroatoms. The fourth-order valence-corrected chi connectivity index (χ4v) is 6.33. The molecule has 13 nitrogen and oxygen atoms in total. The molecule has 5 N–H and O–H groups in total. The summed E-state index contributed by atoms with van der Waals surface area (Å²) in [5.41, 5.74) is 0.749. The SMILES string of the molecule is COc1ccc(OP(=O)(NC(CCSC)C(=O)OCc2ccccc2)O[C@H]2[C@H](O)[C@@H](NC(C)=O)[C@@H](O)O[C@@H]2CO)cc1. The average molecular weight is 629 g/mol. The monoisotopic (exact) mass is 628 g/mol. The minimum Gasteiger partial charge on any atom is -0.497 e. The lowest BCUT2D eigenvalue weighted by molar-refractivity contribution is -0.249. The lowest BCUT2D eigenvalue weighted by atomic mass is 9.97. The van der Waals surface area contributed by atoms with Crippen LogP contribution in [0.15, 0.2) is 54.6 Å². The van der Waals surface area contributed by atoms with Gasteiger partial charge in [0.1, 0.15) is 48.5 Å². The largest absolute Gasteiger partial charge is 0.497 e. The molecule has 7 atom stereocenters. The molecular weight excluding hydrogens is 591 g/mol. The van der Waals surface area contributed by atoms with Crippen molar-refractivity contribution in [2.24, 2.45) is 0 Å². The van der Waals surface area contributed by atoms with Crippen LogP contribution >= 0.6 is 19.5 Å². The van der Waals surface area contributed by atoms with Crippen molar-refractivity contribution >= 4 is 31.4 Å². The number of methoxy groups -OCH3 is 1. The zero-order valence-corrected chi connectivity index (χ0v) is 25.2. The highest BCUT2D eigenvalue weighted by Gasteiger charge is 2.50. The van der Waals surface area contributed by atoms with E-state index in [1.54, 1.807) is 36.4 Å². The van der Waals surface area contributed by atoms with E-state index in [9.17, 15) is 29.5 Å². The number of aliphatic hydroxyl groups excluding tert-OH is 3. The fourth-order valence-electron chi connectivity index (χ4n) is 4.11. The zero-order valence-electron chi connectivity index (χ0n) is 23.5. The topological polar surface area (TPSA) is 182 Å². The van der Waals surface area contributed by atoms with Gasteiger partial charge >= 0.3 is 13.7 Å². The van der Waals surface area contributed by atoms with Gasteiger partial charge in [0.2, 0.25) is 5.91 Å². The maximum absolute atomic E-state index is 14.4. The van der Waals surface area contributed by atoms with E-state index in [2.05, 4.69) is 10.4 Å². The Morgan fingerprint density at radius 2 is 1.76 bits per heavy atom. The summed E-state index contributed by atoms with van der Waals surface area (Å²) in [6.07, 6.45) is -4.32. The predicted molar refractivity (Wildman–Crippen MR) is 154 cm³/mol. The number of thioether (sulfide) groups is 1. The van der Waals surface area contributed by atoms with E-state index in [0.717, 1.165) is 5.56 Å². The van der Waals surface area contributed by atoms with Gasteiger partial charge in [-0.05, 0) is 48.3 Å². The number of carbonyl (C=O) groups is 2. The van der Waals surface area contributed by atoms with Crippen LogP contribution in [0, 0.1) is 0 Å². The molecular formula is C27H37N2O11PS. The summed E-state index contributed by atoms with van der Waals surface area (Å²) in [4.78, 5) is 24.9. The van der Waals surface area contributed by atoms with Crippen molar-refractivity contribution in [2.75, 3.05) is 25.7 Å². The van der Waals surface area contributed by atoms with Crippen LogP contribution < -0.4 is 19.7 Å². The van der Waals surface area contributed by atoms with Gasteiger partial charge in [-0.25, -0.2) is 4.57 Å². The third-order valence-electron chi connectivity index (χ3n) is 6.22. The van der Waals surface area contributed by atoms with Crippen molar-refractivity contribution < 1.29 is 52.7 Å². The highest BCUT2D eigenvalue weighted by Crippen LogP contribution is 2.48. The Bertz CT molecular complexity index is 1190. The highest BCUT2D eigenvalue weighted by atomic mass is 32.2. The number of ether oxygens (including phenoxy) is 3. The molecule has 42 heavy (non-hydrogen) atoms.